The van der Waals surface area contributed by atoms with E-state index in [2.05, 4.69) is 49.0 Å². The molecular formula is C19H36NO3SSi+. The molecule has 0 fully saturated rings. The number of rotatable bonds is 14. The van der Waals surface area contributed by atoms with Crippen molar-refractivity contribution < 1.29 is 17.8 Å². The molecule has 0 saturated heterocycles. The Kier molecular flexibility index (Phi) is 10.9. The van der Waals surface area contributed by atoms with Gasteiger partial charge in [-0.1, -0.05) is 19.9 Å². The third-order valence-corrected chi connectivity index (χ3v) is 8.89. The molecule has 1 aromatic heterocycles. The second-order valence-corrected chi connectivity index (χ2v) is 11.4. The molecule has 0 bridgehead atoms. The molecule has 0 aliphatic heterocycles. The number of nitrogens with zero attached hydrogens (tertiary/aromatic N) is 1. The van der Waals surface area contributed by atoms with Crippen molar-refractivity contribution in [2.24, 2.45) is 5.41 Å². The van der Waals surface area contributed by atoms with Crippen molar-refractivity contribution in [3.63, 3.8) is 0 Å². The Morgan fingerprint density at radius 1 is 0.920 bits per heavy atom. The Bertz CT molecular complexity index is 447. The van der Waals surface area contributed by atoms with Crippen molar-refractivity contribution in [1.29, 1.82) is 0 Å². The molecule has 0 N–H and O–H groups in total. The van der Waals surface area contributed by atoms with Gasteiger partial charge in [-0.3, -0.25) is 0 Å². The van der Waals surface area contributed by atoms with Gasteiger partial charge in [-0.25, -0.2) is 4.57 Å². The van der Waals surface area contributed by atoms with Gasteiger partial charge in [0.05, 0.1) is 0 Å². The lowest BCUT2D eigenvalue weighted by Crippen LogP contribution is -2.42. The molecule has 0 aliphatic rings. The first-order valence-electron chi connectivity index (χ1n) is 9.14. The summed E-state index contributed by atoms with van der Waals surface area (Å²) >= 11 is 2.04. The molecule has 144 valence electrons. The second kappa shape index (κ2) is 12.1. The van der Waals surface area contributed by atoms with E-state index in [1.165, 1.54) is 25.0 Å². The van der Waals surface area contributed by atoms with Crippen molar-refractivity contribution in [3.05, 3.63) is 30.6 Å². The van der Waals surface area contributed by atoms with E-state index in [4.69, 9.17) is 13.3 Å². The van der Waals surface area contributed by atoms with Crippen molar-refractivity contribution in [1.82, 2.24) is 0 Å². The van der Waals surface area contributed by atoms with Crippen molar-refractivity contribution in [3.8, 4) is 0 Å². The molecule has 0 aromatic carbocycles. The molecular weight excluding hydrogens is 350 g/mol. The summed E-state index contributed by atoms with van der Waals surface area (Å²) in [6.07, 6.45) is 9.16. The van der Waals surface area contributed by atoms with Gasteiger partial charge in [-0.2, -0.15) is 11.8 Å². The van der Waals surface area contributed by atoms with Gasteiger partial charge in [-0.05, 0) is 36.2 Å². The summed E-state index contributed by atoms with van der Waals surface area (Å²) in [6, 6.07) is 7.14. The number of pyridine rings is 1. The maximum atomic E-state index is 5.47. The average molecular weight is 387 g/mol. The van der Waals surface area contributed by atoms with Crippen LogP contribution in [0.3, 0.4) is 0 Å². The van der Waals surface area contributed by atoms with Crippen molar-refractivity contribution in [2.75, 3.05) is 32.8 Å². The van der Waals surface area contributed by atoms with Gasteiger partial charge in [0.25, 0.3) is 0 Å². The number of hydrogen-bond donors (Lipinski definition) is 0. The fourth-order valence-electron chi connectivity index (χ4n) is 2.85. The Morgan fingerprint density at radius 3 is 2.16 bits per heavy atom. The summed E-state index contributed by atoms with van der Waals surface area (Å²) in [5.41, 5.74) is 0.393. The molecule has 6 heteroatoms. The smallest absolute Gasteiger partial charge is 0.377 e. The van der Waals surface area contributed by atoms with Crippen LogP contribution in [0.2, 0.25) is 6.04 Å². The lowest BCUT2D eigenvalue weighted by Gasteiger charge is -2.25. The van der Waals surface area contributed by atoms with Crippen LogP contribution in [0.15, 0.2) is 30.6 Å². The lowest BCUT2D eigenvalue weighted by atomic mass is 9.89. The zero-order valence-corrected chi connectivity index (χ0v) is 18.4. The molecule has 25 heavy (non-hydrogen) atoms. The molecule has 0 atom stereocenters. The van der Waals surface area contributed by atoms with Gasteiger partial charge in [0, 0.05) is 45.9 Å². The van der Waals surface area contributed by atoms with Gasteiger partial charge in [0.2, 0.25) is 0 Å². The Labute approximate surface area is 159 Å². The van der Waals surface area contributed by atoms with E-state index in [-0.39, 0.29) is 0 Å². The van der Waals surface area contributed by atoms with Crippen LogP contribution in [0.5, 0.6) is 0 Å². The Balaban J connectivity index is 2.14. The molecule has 1 heterocycles. The van der Waals surface area contributed by atoms with Crippen LogP contribution < -0.4 is 4.57 Å². The minimum absolute atomic E-state index is 0.393. The summed E-state index contributed by atoms with van der Waals surface area (Å²) in [5.74, 6) is 2.33. The maximum Gasteiger partial charge on any atom is 0.500 e. The average Bonchev–Trinajstić information content (AvgIpc) is 2.63. The predicted molar refractivity (Wildman–Crippen MR) is 108 cm³/mol. The highest BCUT2D eigenvalue weighted by Crippen LogP contribution is 2.29. The topological polar surface area (TPSA) is 31.6 Å². The lowest BCUT2D eigenvalue weighted by molar-refractivity contribution is -0.697. The summed E-state index contributed by atoms with van der Waals surface area (Å²) < 4.78 is 18.7. The van der Waals surface area contributed by atoms with Crippen LogP contribution in [0.1, 0.15) is 39.5 Å². The maximum absolute atomic E-state index is 5.47. The normalized spacial score (nSPS) is 12.5. The number of thioether (sulfide) groups is 1. The van der Waals surface area contributed by atoms with Crippen LogP contribution in [0, 0.1) is 5.41 Å². The number of hydrogen-bond acceptors (Lipinski definition) is 4. The summed E-state index contributed by atoms with van der Waals surface area (Å²) in [6.45, 7) is 5.88. The van der Waals surface area contributed by atoms with Gasteiger partial charge in [0.1, 0.15) is 6.54 Å². The summed E-state index contributed by atoms with van der Waals surface area (Å²) in [4.78, 5) is 0. The quantitative estimate of drug-likeness (QED) is 0.273. The molecule has 0 spiro atoms. The zero-order valence-electron chi connectivity index (χ0n) is 16.6. The SMILES string of the molecule is CO[Si](CCCSCC(C)(C)CCCC[n+]1ccccc1)(OC)OC. The van der Waals surface area contributed by atoms with Crippen LogP contribution in [0.4, 0.5) is 0 Å². The third kappa shape index (κ3) is 9.20. The molecule has 1 rings (SSSR count). The zero-order chi connectivity index (χ0) is 18.6. The number of unbranched alkanes of at least 4 members (excludes halogenated alkanes) is 1. The molecule has 0 aliphatic carbocycles. The van der Waals surface area contributed by atoms with Gasteiger partial charge < -0.3 is 13.3 Å². The van der Waals surface area contributed by atoms with E-state index >= 15 is 0 Å². The summed E-state index contributed by atoms with van der Waals surface area (Å²) in [7, 11) is 2.66. The van der Waals surface area contributed by atoms with E-state index in [0.29, 0.717) is 5.41 Å². The van der Waals surface area contributed by atoms with E-state index in [0.717, 1.165) is 24.8 Å². The van der Waals surface area contributed by atoms with Gasteiger partial charge >= 0.3 is 8.80 Å². The minimum atomic E-state index is -2.39. The molecule has 4 nitrogen and oxygen atoms in total. The molecule has 0 radical (unpaired) electrons. The molecule has 0 amide bonds. The monoisotopic (exact) mass is 386 g/mol. The highest BCUT2D eigenvalue weighted by molar-refractivity contribution is 7.99. The molecule has 0 saturated carbocycles. The van der Waals surface area contributed by atoms with Crippen LogP contribution in [-0.2, 0) is 19.8 Å². The Hall–Kier alpha value is -0.403. The number of aromatic nitrogens is 1. The fraction of sp³-hybridized carbons (Fsp3) is 0.737. The Morgan fingerprint density at radius 2 is 1.56 bits per heavy atom. The first kappa shape index (κ1) is 22.6. The highest BCUT2D eigenvalue weighted by Gasteiger charge is 2.36. The minimum Gasteiger partial charge on any atom is -0.377 e. The van der Waals surface area contributed by atoms with Crippen LogP contribution >= 0.6 is 11.8 Å². The van der Waals surface area contributed by atoms with Gasteiger partial charge in [0.15, 0.2) is 12.4 Å². The first-order valence-corrected chi connectivity index (χ1v) is 12.2. The highest BCUT2D eigenvalue weighted by atomic mass is 32.2. The third-order valence-electron chi connectivity index (χ3n) is 4.49. The molecule has 0 unspecified atom stereocenters. The van der Waals surface area contributed by atoms with E-state index < -0.39 is 8.80 Å². The standard InChI is InChI=1S/C19H36NO3SSi/c1-19(2,12-7-10-15-20-13-8-6-9-14-20)18-24-16-11-17-25(21-3,22-4)23-5/h6,8-9,13-14H,7,10-12,15-18H2,1-5H3/q+1. The van der Waals surface area contributed by atoms with Crippen molar-refractivity contribution in [2.45, 2.75) is 52.1 Å². The van der Waals surface area contributed by atoms with E-state index in [1.807, 2.05) is 11.8 Å². The summed E-state index contributed by atoms with van der Waals surface area (Å²) in [5, 5.41) is 0. The predicted octanol–water partition coefficient (Wildman–Crippen LogP) is 4.17. The van der Waals surface area contributed by atoms with Crippen molar-refractivity contribution >= 4 is 20.6 Å². The van der Waals surface area contributed by atoms with E-state index in [1.54, 1.807) is 21.3 Å². The largest absolute Gasteiger partial charge is 0.500 e. The van der Waals surface area contributed by atoms with Crippen LogP contribution in [-0.4, -0.2) is 41.6 Å². The van der Waals surface area contributed by atoms with Crippen LogP contribution in [0.25, 0.3) is 0 Å². The first-order chi connectivity index (χ1) is 12.0. The number of aryl methyl sites for hydroxylation is 1. The molecule has 1 aromatic rings. The second-order valence-electron chi connectivity index (χ2n) is 7.19. The van der Waals surface area contributed by atoms with Gasteiger partial charge in [-0.15, -0.1) is 0 Å². The van der Waals surface area contributed by atoms with E-state index in [9.17, 15) is 0 Å². The fourth-order valence-corrected chi connectivity index (χ4v) is 6.02.